The van der Waals surface area contributed by atoms with Crippen LogP contribution >= 0.6 is 25.6 Å². The summed E-state index contributed by atoms with van der Waals surface area (Å²) in [4.78, 5) is 0. The maximum Gasteiger partial charge on any atom is 0.203 e. The Labute approximate surface area is 130 Å². The van der Waals surface area contributed by atoms with Crippen LogP contribution in [0.15, 0.2) is 18.3 Å². The molecule has 0 unspecified atom stereocenters. The standard InChI is InChI=1S/C12H17N3O3S.H2S/c1-14(13)19-15-7-9(15)8-5-10(16-2)12(18-4)11(6-8)17-3;/h5-7H,13H2,1-4H3;1H2. The lowest BCUT2D eigenvalue weighted by atomic mass is 10.1. The fourth-order valence-electron chi connectivity index (χ4n) is 1.72. The minimum Gasteiger partial charge on any atom is -0.493 e. The van der Waals surface area contributed by atoms with Crippen LogP contribution in [0, 0.1) is 0 Å². The van der Waals surface area contributed by atoms with Gasteiger partial charge >= 0.3 is 0 Å². The maximum absolute atomic E-state index is 5.58. The Morgan fingerprint density at radius 2 is 1.65 bits per heavy atom. The molecular weight excluding hydrogens is 298 g/mol. The van der Waals surface area contributed by atoms with Gasteiger partial charge in [-0.25, -0.2) is 0 Å². The van der Waals surface area contributed by atoms with Crippen molar-refractivity contribution in [1.82, 2.24) is 8.72 Å². The van der Waals surface area contributed by atoms with Gasteiger partial charge in [0.15, 0.2) is 11.5 Å². The second kappa shape index (κ2) is 6.98. The average molecular weight is 317 g/mol. The number of ether oxygens (including phenoxy) is 3. The third-order valence-electron chi connectivity index (χ3n) is 2.59. The molecule has 1 aliphatic heterocycles. The van der Waals surface area contributed by atoms with Crippen LogP contribution in [0.5, 0.6) is 17.2 Å². The molecule has 0 aromatic heterocycles. The molecule has 6 nitrogen and oxygen atoms in total. The van der Waals surface area contributed by atoms with Crippen molar-refractivity contribution in [1.29, 1.82) is 0 Å². The molecule has 112 valence electrons. The van der Waals surface area contributed by atoms with E-state index in [1.807, 2.05) is 22.6 Å². The normalized spacial score (nSPS) is 12.7. The van der Waals surface area contributed by atoms with Crippen LogP contribution in [0.25, 0.3) is 5.70 Å². The second-order valence-corrected chi connectivity index (χ2v) is 5.01. The first kappa shape index (κ1) is 16.8. The molecule has 2 rings (SSSR count). The summed E-state index contributed by atoms with van der Waals surface area (Å²) in [5.74, 6) is 7.44. The summed E-state index contributed by atoms with van der Waals surface area (Å²) in [5.41, 5.74) is 2.05. The van der Waals surface area contributed by atoms with Crippen molar-refractivity contribution in [2.24, 2.45) is 5.84 Å². The maximum atomic E-state index is 5.58. The van der Waals surface area contributed by atoms with Gasteiger partial charge in [-0.05, 0) is 12.1 Å². The van der Waals surface area contributed by atoms with E-state index in [0.717, 1.165) is 11.3 Å². The highest BCUT2D eigenvalue weighted by Crippen LogP contribution is 2.45. The van der Waals surface area contributed by atoms with E-state index >= 15 is 0 Å². The Kier molecular flexibility index (Phi) is 5.88. The molecular formula is C12H19N3O3S2. The molecule has 8 heteroatoms. The molecule has 2 N–H and O–H groups in total. The van der Waals surface area contributed by atoms with Crippen molar-refractivity contribution in [2.45, 2.75) is 0 Å². The highest BCUT2D eigenvalue weighted by molar-refractivity contribution is 7.95. The number of nitrogens with zero attached hydrogens (tertiary/aromatic N) is 2. The average Bonchev–Trinajstić information content (AvgIpc) is 3.15. The molecule has 0 saturated heterocycles. The van der Waals surface area contributed by atoms with Gasteiger partial charge in [-0.2, -0.15) is 17.9 Å². The SMILES string of the molecule is COc1cc(C2=CN2SN(C)N)cc(OC)c1OC.S. The first-order valence-electron chi connectivity index (χ1n) is 5.58. The molecule has 0 radical (unpaired) electrons. The Bertz CT molecular complexity index is 484. The van der Waals surface area contributed by atoms with Crippen molar-refractivity contribution < 1.29 is 14.2 Å². The van der Waals surface area contributed by atoms with Crippen LogP contribution in [-0.4, -0.2) is 37.1 Å². The van der Waals surface area contributed by atoms with Crippen molar-refractivity contribution >= 4 is 31.3 Å². The Morgan fingerprint density at radius 3 is 2.05 bits per heavy atom. The first-order chi connectivity index (χ1) is 9.10. The summed E-state index contributed by atoms with van der Waals surface area (Å²) in [7, 11) is 6.57. The topological polar surface area (TPSA) is 60.0 Å². The van der Waals surface area contributed by atoms with Crippen molar-refractivity contribution in [2.75, 3.05) is 28.4 Å². The highest BCUT2D eigenvalue weighted by Gasteiger charge is 2.27. The Morgan fingerprint density at radius 1 is 1.10 bits per heavy atom. The van der Waals surface area contributed by atoms with Crippen LogP contribution in [0.1, 0.15) is 5.56 Å². The zero-order chi connectivity index (χ0) is 14.0. The zero-order valence-corrected chi connectivity index (χ0v) is 13.7. The summed E-state index contributed by atoms with van der Waals surface area (Å²) < 4.78 is 19.4. The van der Waals surface area contributed by atoms with Gasteiger partial charge in [-0.1, -0.05) is 0 Å². The second-order valence-electron chi connectivity index (χ2n) is 3.88. The Hall–Kier alpha value is -1.22. The number of benzene rings is 1. The third kappa shape index (κ3) is 3.45. The van der Waals surface area contributed by atoms with E-state index in [2.05, 4.69) is 0 Å². The van der Waals surface area contributed by atoms with E-state index in [1.54, 1.807) is 28.4 Å². The van der Waals surface area contributed by atoms with Gasteiger partial charge in [0.2, 0.25) is 5.75 Å². The van der Waals surface area contributed by atoms with Crippen molar-refractivity contribution in [3.8, 4) is 17.2 Å². The lowest BCUT2D eigenvalue weighted by Crippen LogP contribution is -2.19. The fraction of sp³-hybridized carbons (Fsp3) is 0.333. The number of rotatable bonds is 6. The molecule has 1 aliphatic rings. The molecule has 1 aromatic rings. The van der Waals surface area contributed by atoms with Crippen LogP contribution < -0.4 is 20.1 Å². The molecule has 0 aliphatic carbocycles. The summed E-state index contributed by atoms with van der Waals surface area (Å²) in [6, 6.07) is 3.81. The van der Waals surface area contributed by atoms with Gasteiger partial charge in [-0.3, -0.25) is 10.1 Å². The summed E-state index contributed by atoms with van der Waals surface area (Å²) in [6.07, 6.45) is 1.98. The monoisotopic (exact) mass is 317 g/mol. The Balaban J connectivity index is 0.00000200. The van der Waals surface area contributed by atoms with Crippen LogP contribution in [0.4, 0.5) is 0 Å². The summed E-state index contributed by atoms with van der Waals surface area (Å²) >= 11 is 1.40. The van der Waals surface area contributed by atoms with Crippen LogP contribution in [-0.2, 0) is 0 Å². The van der Waals surface area contributed by atoms with E-state index in [-0.39, 0.29) is 13.5 Å². The predicted molar refractivity (Wildman–Crippen MR) is 85.8 cm³/mol. The third-order valence-corrected chi connectivity index (χ3v) is 3.32. The minimum atomic E-state index is 0. The largest absolute Gasteiger partial charge is 0.493 e. The highest BCUT2D eigenvalue weighted by atomic mass is 32.2. The quantitative estimate of drug-likeness (QED) is 0.488. The first-order valence-corrected chi connectivity index (χ1v) is 6.31. The number of hydrogen-bond donors (Lipinski definition) is 1. The van der Waals surface area contributed by atoms with E-state index in [4.69, 9.17) is 20.1 Å². The fourth-order valence-corrected chi connectivity index (χ4v) is 2.34. The molecule has 0 saturated carbocycles. The molecule has 1 heterocycles. The predicted octanol–water partition coefficient (Wildman–Crippen LogP) is 1.81. The van der Waals surface area contributed by atoms with Gasteiger partial charge in [0.05, 0.1) is 39.2 Å². The minimum absolute atomic E-state index is 0. The summed E-state index contributed by atoms with van der Waals surface area (Å²) in [6.45, 7) is 0. The summed E-state index contributed by atoms with van der Waals surface area (Å²) in [5, 5.41) is 0. The molecule has 20 heavy (non-hydrogen) atoms. The number of methoxy groups -OCH3 is 3. The number of nitrogens with two attached hydrogens (primary N) is 1. The lowest BCUT2D eigenvalue weighted by Gasteiger charge is -2.14. The molecule has 1 aromatic carbocycles. The molecule has 0 atom stereocenters. The van der Waals surface area contributed by atoms with Gasteiger partial charge in [-0.15, -0.1) is 0 Å². The van der Waals surface area contributed by atoms with E-state index in [9.17, 15) is 0 Å². The van der Waals surface area contributed by atoms with Crippen molar-refractivity contribution in [3.63, 3.8) is 0 Å². The molecule has 0 spiro atoms. The van der Waals surface area contributed by atoms with Gasteiger partial charge in [0.1, 0.15) is 0 Å². The molecule has 0 fully saturated rings. The van der Waals surface area contributed by atoms with Gasteiger partial charge in [0, 0.05) is 18.8 Å². The van der Waals surface area contributed by atoms with E-state index in [0.29, 0.717) is 17.2 Å². The van der Waals surface area contributed by atoms with Crippen molar-refractivity contribution in [3.05, 3.63) is 23.9 Å². The van der Waals surface area contributed by atoms with Crippen LogP contribution in [0.2, 0.25) is 0 Å². The molecule has 0 bridgehead atoms. The molecule has 0 amide bonds. The van der Waals surface area contributed by atoms with E-state index in [1.165, 1.54) is 16.5 Å². The van der Waals surface area contributed by atoms with Gasteiger partial charge in [0.25, 0.3) is 0 Å². The van der Waals surface area contributed by atoms with Crippen LogP contribution in [0.3, 0.4) is 0 Å². The van der Waals surface area contributed by atoms with E-state index < -0.39 is 0 Å². The number of hydrogen-bond acceptors (Lipinski definition) is 7. The van der Waals surface area contributed by atoms with Gasteiger partial charge < -0.3 is 14.2 Å². The lowest BCUT2D eigenvalue weighted by molar-refractivity contribution is 0.324. The number of hydrazine groups is 1. The zero-order valence-electron chi connectivity index (χ0n) is 11.8. The smallest absolute Gasteiger partial charge is 0.203 e.